The molecular weight excluding hydrogens is 168 g/mol. The van der Waals surface area contributed by atoms with E-state index in [-0.39, 0.29) is 11.8 Å². The van der Waals surface area contributed by atoms with Gasteiger partial charge in [-0.15, -0.1) is 0 Å². The van der Waals surface area contributed by atoms with E-state index in [1.54, 1.807) is 12.4 Å². The minimum Gasteiger partial charge on any atom is -0.331 e. The van der Waals surface area contributed by atoms with E-state index in [0.29, 0.717) is 5.95 Å². The van der Waals surface area contributed by atoms with Crippen molar-refractivity contribution in [2.24, 2.45) is 11.7 Å². The lowest BCUT2D eigenvalue weighted by Gasteiger charge is -2.13. The number of rotatable bonds is 3. The van der Waals surface area contributed by atoms with Crippen LogP contribution in [-0.4, -0.2) is 21.9 Å². The average molecular weight is 182 g/mol. The number of carbonyl (C=O) groups is 1. The van der Waals surface area contributed by atoms with Gasteiger partial charge in [-0.25, -0.2) is 4.98 Å². The maximum atomic E-state index is 11.4. The highest BCUT2D eigenvalue weighted by atomic mass is 16.2. The Morgan fingerprint density at radius 2 is 2.38 bits per heavy atom. The van der Waals surface area contributed by atoms with Gasteiger partial charge in [0.25, 0.3) is 0 Å². The zero-order chi connectivity index (χ0) is 9.84. The van der Waals surface area contributed by atoms with Gasteiger partial charge in [-0.2, -0.15) is 0 Å². The number of carbonyl (C=O) groups excluding carboxylic acids is 1. The standard InChI is InChI=1S/C8H14N4O/c1-5(2)6(9)7(13)12-8-10-3-4-11-8/h3-6H,9H2,1-2H3,(H2,10,11,12,13)/t6-/m1/s1. The van der Waals surface area contributed by atoms with Crippen molar-refractivity contribution in [3.63, 3.8) is 0 Å². The van der Waals surface area contributed by atoms with Crippen molar-refractivity contribution in [3.8, 4) is 0 Å². The first-order valence-corrected chi connectivity index (χ1v) is 4.17. The molecule has 1 rings (SSSR count). The van der Waals surface area contributed by atoms with Crippen LogP contribution >= 0.6 is 0 Å². The molecule has 1 aromatic rings. The molecule has 4 N–H and O–H groups in total. The van der Waals surface area contributed by atoms with E-state index in [1.165, 1.54) is 0 Å². The molecule has 0 aromatic carbocycles. The lowest BCUT2D eigenvalue weighted by Crippen LogP contribution is -2.39. The van der Waals surface area contributed by atoms with Gasteiger partial charge < -0.3 is 10.7 Å². The van der Waals surface area contributed by atoms with Crippen molar-refractivity contribution < 1.29 is 4.79 Å². The van der Waals surface area contributed by atoms with E-state index < -0.39 is 6.04 Å². The second-order valence-corrected chi connectivity index (χ2v) is 3.20. The molecule has 0 saturated heterocycles. The third kappa shape index (κ3) is 2.55. The molecule has 13 heavy (non-hydrogen) atoms. The third-order valence-corrected chi connectivity index (χ3v) is 1.76. The number of nitrogens with one attached hydrogen (secondary N) is 2. The van der Waals surface area contributed by atoms with Crippen LogP contribution in [0.3, 0.4) is 0 Å². The Hall–Kier alpha value is -1.36. The van der Waals surface area contributed by atoms with Crippen LogP contribution in [0.5, 0.6) is 0 Å². The molecule has 1 amide bonds. The summed E-state index contributed by atoms with van der Waals surface area (Å²) in [4.78, 5) is 18.0. The van der Waals surface area contributed by atoms with Gasteiger partial charge in [-0.3, -0.25) is 10.1 Å². The van der Waals surface area contributed by atoms with E-state index in [0.717, 1.165) is 0 Å². The molecule has 72 valence electrons. The monoisotopic (exact) mass is 182 g/mol. The van der Waals surface area contributed by atoms with Crippen LogP contribution in [-0.2, 0) is 4.79 Å². The van der Waals surface area contributed by atoms with Gasteiger partial charge in [0, 0.05) is 12.4 Å². The van der Waals surface area contributed by atoms with E-state index in [9.17, 15) is 4.79 Å². The summed E-state index contributed by atoms with van der Waals surface area (Å²) in [5.74, 6) is 0.334. The Balaban J connectivity index is 2.51. The van der Waals surface area contributed by atoms with Gasteiger partial charge in [0.05, 0.1) is 6.04 Å². The quantitative estimate of drug-likeness (QED) is 0.630. The molecule has 0 bridgehead atoms. The van der Waals surface area contributed by atoms with Crippen molar-refractivity contribution >= 4 is 11.9 Å². The highest BCUT2D eigenvalue weighted by Crippen LogP contribution is 2.02. The number of anilines is 1. The van der Waals surface area contributed by atoms with Gasteiger partial charge in [0.15, 0.2) is 0 Å². The Kier molecular flexibility index (Phi) is 3.02. The topological polar surface area (TPSA) is 83.8 Å². The summed E-state index contributed by atoms with van der Waals surface area (Å²) in [6, 6.07) is -0.495. The molecular formula is C8H14N4O. The minimum absolute atomic E-state index is 0.120. The molecule has 0 spiro atoms. The third-order valence-electron chi connectivity index (χ3n) is 1.76. The molecule has 0 unspecified atom stereocenters. The smallest absolute Gasteiger partial charge is 0.243 e. The minimum atomic E-state index is -0.495. The second-order valence-electron chi connectivity index (χ2n) is 3.20. The Bertz CT molecular complexity index is 268. The number of imidazole rings is 1. The van der Waals surface area contributed by atoms with Gasteiger partial charge in [-0.05, 0) is 5.92 Å². The SMILES string of the molecule is CC(C)[C@@H](N)C(=O)Nc1ncc[nH]1. The number of nitrogens with two attached hydrogens (primary N) is 1. The number of hydrogen-bond acceptors (Lipinski definition) is 3. The zero-order valence-electron chi connectivity index (χ0n) is 7.74. The largest absolute Gasteiger partial charge is 0.331 e. The normalized spacial score (nSPS) is 12.9. The molecule has 0 aliphatic heterocycles. The van der Waals surface area contributed by atoms with Crippen LogP contribution in [0.1, 0.15) is 13.8 Å². The maximum Gasteiger partial charge on any atom is 0.243 e. The molecule has 0 fully saturated rings. The first-order valence-electron chi connectivity index (χ1n) is 4.17. The lowest BCUT2D eigenvalue weighted by molar-refractivity contribution is -0.118. The molecule has 0 radical (unpaired) electrons. The van der Waals surface area contributed by atoms with Crippen LogP contribution in [0.4, 0.5) is 5.95 Å². The first kappa shape index (κ1) is 9.73. The molecule has 5 nitrogen and oxygen atoms in total. The van der Waals surface area contributed by atoms with E-state index in [1.807, 2.05) is 13.8 Å². The summed E-state index contributed by atoms with van der Waals surface area (Å²) >= 11 is 0. The fourth-order valence-corrected chi connectivity index (χ4v) is 0.836. The predicted molar refractivity (Wildman–Crippen MR) is 50.0 cm³/mol. The maximum absolute atomic E-state index is 11.4. The Morgan fingerprint density at radius 1 is 1.69 bits per heavy atom. The second kappa shape index (κ2) is 4.04. The fourth-order valence-electron chi connectivity index (χ4n) is 0.836. The first-order chi connectivity index (χ1) is 6.11. The predicted octanol–water partition coefficient (Wildman–Crippen LogP) is 0.331. The number of aromatic nitrogens is 2. The van der Waals surface area contributed by atoms with E-state index in [2.05, 4.69) is 15.3 Å². The summed E-state index contributed by atoms with van der Waals surface area (Å²) in [5, 5.41) is 2.57. The van der Waals surface area contributed by atoms with E-state index >= 15 is 0 Å². The zero-order valence-corrected chi connectivity index (χ0v) is 7.74. The fraction of sp³-hybridized carbons (Fsp3) is 0.500. The highest BCUT2D eigenvalue weighted by Gasteiger charge is 2.17. The van der Waals surface area contributed by atoms with Crippen LogP contribution in [0.15, 0.2) is 12.4 Å². The summed E-state index contributed by atoms with van der Waals surface area (Å²) in [7, 11) is 0. The van der Waals surface area contributed by atoms with Crippen LogP contribution < -0.4 is 11.1 Å². The summed E-state index contributed by atoms with van der Waals surface area (Å²) in [6.45, 7) is 3.79. The van der Waals surface area contributed by atoms with Gasteiger partial charge in [-0.1, -0.05) is 13.8 Å². The van der Waals surface area contributed by atoms with Crippen molar-refractivity contribution in [3.05, 3.63) is 12.4 Å². The van der Waals surface area contributed by atoms with Crippen molar-refractivity contribution in [1.82, 2.24) is 9.97 Å². The summed E-state index contributed by atoms with van der Waals surface area (Å²) in [5.41, 5.74) is 5.62. The molecule has 1 heterocycles. The number of amides is 1. The lowest BCUT2D eigenvalue weighted by atomic mass is 10.1. The van der Waals surface area contributed by atoms with Crippen molar-refractivity contribution in [1.29, 1.82) is 0 Å². The van der Waals surface area contributed by atoms with Gasteiger partial charge >= 0.3 is 0 Å². The molecule has 1 aromatic heterocycles. The van der Waals surface area contributed by atoms with Crippen LogP contribution in [0.2, 0.25) is 0 Å². The van der Waals surface area contributed by atoms with Crippen LogP contribution in [0.25, 0.3) is 0 Å². The van der Waals surface area contributed by atoms with E-state index in [4.69, 9.17) is 5.73 Å². The molecule has 0 aliphatic carbocycles. The molecule has 0 saturated carbocycles. The summed E-state index contributed by atoms with van der Waals surface area (Å²) in [6.07, 6.45) is 3.20. The highest BCUT2D eigenvalue weighted by molar-refractivity contribution is 5.93. The Morgan fingerprint density at radius 3 is 2.85 bits per heavy atom. The number of H-pyrrole nitrogens is 1. The number of hydrogen-bond donors (Lipinski definition) is 3. The van der Waals surface area contributed by atoms with Crippen LogP contribution in [0, 0.1) is 5.92 Å². The number of aromatic amines is 1. The molecule has 1 atom stereocenters. The average Bonchev–Trinajstić information content (AvgIpc) is 2.55. The summed E-state index contributed by atoms with van der Waals surface area (Å²) < 4.78 is 0. The Labute approximate surface area is 76.7 Å². The van der Waals surface area contributed by atoms with Gasteiger partial charge in [0.2, 0.25) is 11.9 Å². The van der Waals surface area contributed by atoms with Crippen molar-refractivity contribution in [2.75, 3.05) is 5.32 Å². The van der Waals surface area contributed by atoms with Gasteiger partial charge in [0.1, 0.15) is 0 Å². The molecule has 0 aliphatic rings. The number of nitrogens with zero attached hydrogens (tertiary/aromatic N) is 1. The van der Waals surface area contributed by atoms with Crippen molar-refractivity contribution in [2.45, 2.75) is 19.9 Å². The molecule has 5 heteroatoms.